The van der Waals surface area contributed by atoms with Crippen molar-refractivity contribution >= 4 is 29.5 Å². The summed E-state index contributed by atoms with van der Waals surface area (Å²) in [7, 11) is 0. The third-order valence-corrected chi connectivity index (χ3v) is 2.24. The number of hydrogen-bond acceptors (Lipinski definition) is 6. The van der Waals surface area contributed by atoms with E-state index in [9.17, 15) is 19.2 Å². The molecule has 0 fully saturated rings. The zero-order valence-electron chi connectivity index (χ0n) is 11.3. The average Bonchev–Trinajstić information content (AvgIpc) is 2.45. The lowest BCUT2D eigenvalue weighted by Crippen LogP contribution is -2.37. The monoisotopic (exact) mass is 304 g/mol. The summed E-state index contributed by atoms with van der Waals surface area (Å²) < 4.78 is 4.66. The van der Waals surface area contributed by atoms with Crippen molar-refractivity contribution in [2.24, 2.45) is 5.73 Å². The molecule has 1 rings (SSSR count). The summed E-state index contributed by atoms with van der Waals surface area (Å²) in [6.45, 7) is -0.650. The van der Waals surface area contributed by atoms with Gasteiger partial charge in [0, 0.05) is 5.69 Å². The van der Waals surface area contributed by atoms with Gasteiger partial charge in [-0.05, 0) is 24.3 Å². The number of nitriles is 1. The first-order valence-electron chi connectivity index (χ1n) is 5.95. The van der Waals surface area contributed by atoms with Gasteiger partial charge in [0.2, 0.25) is 5.91 Å². The van der Waals surface area contributed by atoms with E-state index in [0.717, 1.165) is 0 Å². The molecule has 4 amide bonds. The molecule has 0 atom stereocenters. The summed E-state index contributed by atoms with van der Waals surface area (Å²) in [6.07, 6.45) is -0.279. The number of carbonyl (C=O) groups is 4. The second kappa shape index (κ2) is 8.01. The molecule has 0 spiro atoms. The summed E-state index contributed by atoms with van der Waals surface area (Å²) in [5, 5.41) is 12.5. The number of urea groups is 1. The lowest BCUT2D eigenvalue weighted by Gasteiger charge is -2.06. The van der Waals surface area contributed by atoms with Gasteiger partial charge in [-0.15, -0.1) is 0 Å². The predicted octanol–water partition coefficient (Wildman–Crippen LogP) is -0.110. The second-order valence-electron chi connectivity index (χ2n) is 3.95. The van der Waals surface area contributed by atoms with Crippen molar-refractivity contribution in [3.05, 3.63) is 29.8 Å². The fraction of sp³-hybridized carbons (Fsp3) is 0.154. The molecule has 22 heavy (non-hydrogen) atoms. The number of anilines is 1. The van der Waals surface area contributed by atoms with Crippen LogP contribution in [0.1, 0.15) is 16.8 Å². The van der Waals surface area contributed by atoms with Crippen LogP contribution in [-0.4, -0.2) is 30.4 Å². The molecule has 1 aromatic carbocycles. The van der Waals surface area contributed by atoms with E-state index in [1.165, 1.54) is 24.3 Å². The van der Waals surface area contributed by atoms with Crippen molar-refractivity contribution in [2.75, 3.05) is 11.9 Å². The first kappa shape index (κ1) is 16.6. The number of benzene rings is 1. The predicted molar refractivity (Wildman–Crippen MR) is 73.3 cm³/mol. The van der Waals surface area contributed by atoms with Gasteiger partial charge >= 0.3 is 12.0 Å². The van der Waals surface area contributed by atoms with Gasteiger partial charge in [-0.3, -0.25) is 14.9 Å². The minimum absolute atomic E-state index is 0.144. The highest BCUT2D eigenvalue weighted by atomic mass is 16.5. The van der Waals surface area contributed by atoms with Crippen molar-refractivity contribution in [3.8, 4) is 6.07 Å². The number of hydrogen-bond donors (Lipinski definition) is 3. The summed E-state index contributed by atoms with van der Waals surface area (Å²) in [4.78, 5) is 44.3. The van der Waals surface area contributed by atoms with E-state index in [0.29, 0.717) is 5.69 Å². The van der Waals surface area contributed by atoms with Crippen LogP contribution in [0.5, 0.6) is 0 Å². The minimum Gasteiger partial charge on any atom is -0.452 e. The molecular formula is C13H12N4O5. The van der Waals surface area contributed by atoms with Gasteiger partial charge in [-0.1, -0.05) is 0 Å². The van der Waals surface area contributed by atoms with Crippen LogP contribution in [0.2, 0.25) is 0 Å². The number of rotatable bonds is 5. The van der Waals surface area contributed by atoms with Crippen molar-refractivity contribution in [2.45, 2.75) is 6.42 Å². The maximum atomic E-state index is 11.6. The quantitative estimate of drug-likeness (QED) is 0.645. The van der Waals surface area contributed by atoms with Crippen molar-refractivity contribution in [3.63, 3.8) is 0 Å². The Bertz CT molecular complexity index is 633. The molecule has 114 valence electrons. The van der Waals surface area contributed by atoms with Crippen LogP contribution in [0, 0.1) is 11.3 Å². The zero-order chi connectivity index (χ0) is 16.5. The molecule has 0 aliphatic heterocycles. The highest BCUT2D eigenvalue weighted by Gasteiger charge is 2.11. The highest BCUT2D eigenvalue weighted by molar-refractivity contribution is 5.97. The van der Waals surface area contributed by atoms with Crippen LogP contribution in [0.4, 0.5) is 10.5 Å². The molecule has 0 aromatic heterocycles. The Balaban J connectivity index is 2.54. The summed E-state index contributed by atoms with van der Waals surface area (Å²) in [5.41, 5.74) is 5.27. The van der Waals surface area contributed by atoms with E-state index in [1.807, 2.05) is 0 Å². The fourth-order valence-electron chi connectivity index (χ4n) is 1.35. The van der Waals surface area contributed by atoms with Gasteiger partial charge in [0.15, 0.2) is 6.61 Å². The summed E-state index contributed by atoms with van der Waals surface area (Å²) >= 11 is 0. The van der Waals surface area contributed by atoms with E-state index in [1.54, 1.807) is 11.4 Å². The Hall–Kier alpha value is -3.41. The molecule has 0 saturated heterocycles. The number of esters is 1. The number of amides is 4. The van der Waals surface area contributed by atoms with E-state index >= 15 is 0 Å². The molecule has 1 aromatic rings. The maximum absolute atomic E-state index is 11.6. The minimum atomic E-state index is -1.04. The van der Waals surface area contributed by atoms with Crippen LogP contribution < -0.4 is 16.4 Å². The first-order valence-corrected chi connectivity index (χ1v) is 5.95. The molecule has 0 heterocycles. The fourth-order valence-corrected chi connectivity index (χ4v) is 1.35. The number of imide groups is 1. The molecule has 0 bridgehead atoms. The lowest BCUT2D eigenvalue weighted by atomic mass is 10.2. The Morgan fingerprint density at radius 1 is 1.14 bits per heavy atom. The van der Waals surface area contributed by atoms with E-state index < -0.39 is 30.4 Å². The summed E-state index contributed by atoms with van der Waals surface area (Å²) in [6, 6.07) is 6.28. The number of nitrogens with two attached hydrogens (primary N) is 1. The third kappa shape index (κ3) is 5.70. The molecule has 0 unspecified atom stereocenters. The Kier molecular flexibility index (Phi) is 6.06. The SMILES string of the molecule is N#CCC(=O)Nc1ccc(C(=O)OCC(=O)NC(N)=O)cc1. The van der Waals surface area contributed by atoms with Gasteiger partial charge in [0.1, 0.15) is 6.42 Å². The van der Waals surface area contributed by atoms with Crippen LogP contribution in [0.3, 0.4) is 0 Å². The van der Waals surface area contributed by atoms with E-state index in [2.05, 4.69) is 10.1 Å². The number of ether oxygens (including phenoxy) is 1. The van der Waals surface area contributed by atoms with Crippen molar-refractivity contribution in [1.82, 2.24) is 5.32 Å². The number of nitrogens with zero attached hydrogens (tertiary/aromatic N) is 1. The number of nitrogens with one attached hydrogen (secondary N) is 2. The van der Waals surface area contributed by atoms with Gasteiger partial charge < -0.3 is 15.8 Å². The molecule has 9 nitrogen and oxygen atoms in total. The molecule has 0 radical (unpaired) electrons. The van der Waals surface area contributed by atoms with Gasteiger partial charge in [0.25, 0.3) is 5.91 Å². The standard InChI is InChI=1S/C13H12N4O5/c14-6-5-10(18)16-9-3-1-8(2-4-9)12(20)22-7-11(19)17-13(15)21/h1-4H,5,7H2,(H,16,18)(H3,15,17,19,21). The highest BCUT2D eigenvalue weighted by Crippen LogP contribution is 2.10. The third-order valence-electron chi connectivity index (χ3n) is 2.24. The van der Waals surface area contributed by atoms with Crippen LogP contribution in [-0.2, 0) is 14.3 Å². The lowest BCUT2D eigenvalue weighted by molar-refractivity contribution is -0.123. The molecular weight excluding hydrogens is 292 g/mol. The number of primary amides is 1. The molecule has 0 aliphatic rings. The zero-order valence-corrected chi connectivity index (χ0v) is 11.3. The van der Waals surface area contributed by atoms with Crippen molar-refractivity contribution < 1.29 is 23.9 Å². The van der Waals surface area contributed by atoms with E-state index in [4.69, 9.17) is 11.0 Å². The number of carbonyl (C=O) groups excluding carboxylic acids is 4. The smallest absolute Gasteiger partial charge is 0.338 e. The van der Waals surface area contributed by atoms with Crippen LogP contribution in [0.15, 0.2) is 24.3 Å². The molecule has 0 saturated carbocycles. The largest absolute Gasteiger partial charge is 0.452 e. The van der Waals surface area contributed by atoms with Gasteiger partial charge in [-0.2, -0.15) is 5.26 Å². The summed E-state index contributed by atoms with van der Waals surface area (Å²) in [5.74, 6) is -2.10. The van der Waals surface area contributed by atoms with Gasteiger partial charge in [-0.25, -0.2) is 9.59 Å². The Morgan fingerprint density at radius 3 is 2.32 bits per heavy atom. The second-order valence-corrected chi connectivity index (χ2v) is 3.95. The van der Waals surface area contributed by atoms with Crippen LogP contribution >= 0.6 is 0 Å². The first-order chi connectivity index (χ1) is 10.4. The molecule has 9 heteroatoms. The Labute approximate surface area is 125 Å². The molecule has 0 aliphatic carbocycles. The Morgan fingerprint density at radius 2 is 1.77 bits per heavy atom. The topological polar surface area (TPSA) is 151 Å². The van der Waals surface area contributed by atoms with Gasteiger partial charge in [0.05, 0.1) is 11.6 Å². The maximum Gasteiger partial charge on any atom is 0.338 e. The van der Waals surface area contributed by atoms with E-state index in [-0.39, 0.29) is 12.0 Å². The molecule has 4 N–H and O–H groups in total. The van der Waals surface area contributed by atoms with Crippen LogP contribution in [0.25, 0.3) is 0 Å². The average molecular weight is 304 g/mol. The van der Waals surface area contributed by atoms with Crippen molar-refractivity contribution in [1.29, 1.82) is 5.26 Å². The normalized spacial score (nSPS) is 9.23.